The highest BCUT2D eigenvalue weighted by atomic mass is 32.1. The number of carboxylic acids is 1. The molecule has 11 nitrogen and oxygen atoms in total. The van der Waals surface area contributed by atoms with E-state index < -0.39 is 18.0 Å². The molecule has 3 heterocycles. The summed E-state index contributed by atoms with van der Waals surface area (Å²) in [6.45, 7) is 3.85. The van der Waals surface area contributed by atoms with Crippen LogP contribution in [0.15, 0.2) is 81.7 Å². The Balaban J connectivity index is 1.37. The Kier molecular flexibility index (Phi) is 8.14. The average Bonchev–Trinajstić information content (AvgIpc) is 3.63. The number of aromatic nitrogens is 1. The maximum absolute atomic E-state index is 14.0. The molecule has 4 aromatic rings. The van der Waals surface area contributed by atoms with E-state index in [4.69, 9.17) is 23.7 Å². The summed E-state index contributed by atoms with van der Waals surface area (Å²) < 4.78 is 29.8. The molecule has 0 saturated carbocycles. The number of fused-ring (bicyclic) bond motifs is 2. The summed E-state index contributed by atoms with van der Waals surface area (Å²) in [5.41, 5.74) is 2.60. The molecular formula is C33H28N2O9S. The van der Waals surface area contributed by atoms with Crippen LogP contribution in [-0.4, -0.2) is 42.1 Å². The van der Waals surface area contributed by atoms with Crippen LogP contribution in [0.25, 0.3) is 6.08 Å². The predicted molar refractivity (Wildman–Crippen MR) is 164 cm³/mol. The lowest BCUT2D eigenvalue weighted by molar-refractivity contribution is -0.139. The molecule has 45 heavy (non-hydrogen) atoms. The van der Waals surface area contributed by atoms with Gasteiger partial charge in [-0.15, -0.1) is 0 Å². The lowest BCUT2D eigenvalue weighted by Gasteiger charge is -2.24. The molecular weight excluding hydrogens is 600 g/mol. The van der Waals surface area contributed by atoms with Gasteiger partial charge in [0.15, 0.2) is 27.8 Å². The van der Waals surface area contributed by atoms with Crippen LogP contribution in [0.2, 0.25) is 0 Å². The number of thiazole rings is 1. The van der Waals surface area contributed by atoms with Gasteiger partial charge in [-0.2, -0.15) is 0 Å². The number of rotatable bonds is 9. The van der Waals surface area contributed by atoms with Crippen molar-refractivity contribution in [1.29, 1.82) is 0 Å². The molecule has 0 amide bonds. The molecule has 6 rings (SSSR count). The van der Waals surface area contributed by atoms with E-state index in [-0.39, 0.29) is 36.7 Å². The molecule has 0 radical (unpaired) electrons. The summed E-state index contributed by atoms with van der Waals surface area (Å²) in [7, 11) is 1.51. The molecule has 0 saturated heterocycles. The SMILES string of the molecule is CCOC(=O)C1=C(C)N=c2s/c(=C\c3ccc(OCc4cccc(C(=O)O)c4)c(OC)c3)c(=O)n2[C@@H]1c1ccc2c(c1)OCO2. The zero-order valence-electron chi connectivity index (χ0n) is 24.6. The summed E-state index contributed by atoms with van der Waals surface area (Å²) in [4.78, 5) is 43.5. The maximum Gasteiger partial charge on any atom is 0.338 e. The molecule has 2 aliphatic rings. The number of nitrogens with zero attached hydrogens (tertiary/aromatic N) is 2. The van der Waals surface area contributed by atoms with Gasteiger partial charge in [0.2, 0.25) is 6.79 Å². The first-order chi connectivity index (χ1) is 21.8. The molecule has 1 N–H and O–H groups in total. The second kappa shape index (κ2) is 12.3. The number of carboxylic acid groups (broad SMARTS) is 1. The minimum Gasteiger partial charge on any atom is -0.493 e. The van der Waals surface area contributed by atoms with Gasteiger partial charge in [-0.25, -0.2) is 14.6 Å². The zero-order valence-corrected chi connectivity index (χ0v) is 25.4. The van der Waals surface area contributed by atoms with Crippen molar-refractivity contribution in [2.45, 2.75) is 26.5 Å². The Morgan fingerprint density at radius 2 is 1.91 bits per heavy atom. The highest BCUT2D eigenvalue weighted by Gasteiger charge is 2.34. The summed E-state index contributed by atoms with van der Waals surface area (Å²) in [5.74, 6) is 0.430. The average molecular weight is 629 g/mol. The Morgan fingerprint density at radius 3 is 2.69 bits per heavy atom. The molecule has 3 aromatic carbocycles. The molecule has 0 bridgehead atoms. The van der Waals surface area contributed by atoms with Gasteiger partial charge in [0, 0.05) is 0 Å². The van der Waals surface area contributed by atoms with Crippen molar-refractivity contribution in [3.8, 4) is 23.0 Å². The molecule has 0 aliphatic carbocycles. The van der Waals surface area contributed by atoms with E-state index in [1.807, 2.05) is 0 Å². The first kappa shape index (κ1) is 29.7. The van der Waals surface area contributed by atoms with Gasteiger partial charge in [-0.05, 0) is 73.0 Å². The molecule has 1 aromatic heterocycles. The van der Waals surface area contributed by atoms with Crippen LogP contribution in [0.3, 0.4) is 0 Å². The zero-order chi connectivity index (χ0) is 31.7. The molecule has 0 spiro atoms. The second-order valence-corrected chi connectivity index (χ2v) is 11.1. The number of hydrogen-bond donors (Lipinski definition) is 1. The standard InChI is InChI=1S/C33H28N2O9S/c1-4-41-32(39)28-18(2)34-33-35(29(28)21-9-11-24-26(15-21)44-17-43-24)30(36)27(45-33)14-19-8-10-23(25(13-19)40-3)42-16-20-6-5-7-22(12-20)31(37)38/h5-15,29H,4,16-17H2,1-3H3,(H,37,38)/b27-14-/t29-/m1/s1. The van der Waals surface area contributed by atoms with E-state index in [1.165, 1.54) is 29.1 Å². The number of carbonyl (C=O) groups excluding carboxylic acids is 1. The molecule has 230 valence electrons. The number of aromatic carboxylic acids is 1. The fraction of sp³-hybridized carbons (Fsp3) is 0.212. The summed E-state index contributed by atoms with van der Waals surface area (Å²) in [6.07, 6.45) is 1.73. The van der Waals surface area contributed by atoms with E-state index >= 15 is 0 Å². The van der Waals surface area contributed by atoms with Gasteiger partial charge in [-0.3, -0.25) is 9.36 Å². The smallest absolute Gasteiger partial charge is 0.338 e. The van der Waals surface area contributed by atoms with Crippen molar-refractivity contribution in [2.24, 2.45) is 4.99 Å². The molecule has 0 unspecified atom stereocenters. The van der Waals surface area contributed by atoms with Gasteiger partial charge in [0.25, 0.3) is 5.56 Å². The first-order valence-corrected chi connectivity index (χ1v) is 14.8. The van der Waals surface area contributed by atoms with Crippen molar-refractivity contribution in [1.82, 2.24) is 4.57 Å². The van der Waals surface area contributed by atoms with E-state index in [9.17, 15) is 19.5 Å². The van der Waals surface area contributed by atoms with Crippen LogP contribution in [0.5, 0.6) is 23.0 Å². The van der Waals surface area contributed by atoms with Crippen molar-refractivity contribution >= 4 is 29.4 Å². The lowest BCUT2D eigenvalue weighted by atomic mass is 9.95. The molecule has 12 heteroatoms. The Bertz CT molecular complexity index is 2040. The number of allylic oxidation sites excluding steroid dienone is 1. The number of hydrogen-bond acceptors (Lipinski definition) is 10. The van der Waals surface area contributed by atoms with E-state index in [0.717, 1.165) is 0 Å². The van der Waals surface area contributed by atoms with Gasteiger partial charge in [0.05, 0.1) is 41.1 Å². The fourth-order valence-corrected chi connectivity index (χ4v) is 6.24. The van der Waals surface area contributed by atoms with Crippen LogP contribution in [0.4, 0.5) is 0 Å². The number of esters is 1. The normalized spacial score (nSPS) is 15.4. The highest BCUT2D eigenvalue weighted by molar-refractivity contribution is 7.07. The van der Waals surface area contributed by atoms with Crippen molar-refractivity contribution < 1.29 is 38.4 Å². The van der Waals surface area contributed by atoms with Crippen LogP contribution < -0.4 is 33.8 Å². The van der Waals surface area contributed by atoms with Gasteiger partial charge >= 0.3 is 11.9 Å². The van der Waals surface area contributed by atoms with Crippen molar-refractivity contribution in [3.63, 3.8) is 0 Å². The number of ether oxygens (including phenoxy) is 5. The quantitative estimate of drug-likeness (QED) is 0.275. The molecule has 0 fully saturated rings. The third kappa shape index (κ3) is 5.79. The topological polar surface area (TPSA) is 135 Å². The van der Waals surface area contributed by atoms with Gasteiger partial charge in [0.1, 0.15) is 6.61 Å². The van der Waals surface area contributed by atoms with Crippen LogP contribution in [0, 0.1) is 0 Å². The van der Waals surface area contributed by atoms with Crippen molar-refractivity contribution in [3.05, 3.63) is 114 Å². The van der Waals surface area contributed by atoms with Crippen LogP contribution in [-0.2, 0) is 16.1 Å². The Labute approximate surface area is 260 Å². The van der Waals surface area contributed by atoms with Crippen molar-refractivity contribution in [2.75, 3.05) is 20.5 Å². The number of methoxy groups -OCH3 is 1. The Hall–Kier alpha value is -5.36. The molecule has 2 aliphatic heterocycles. The summed E-state index contributed by atoms with van der Waals surface area (Å²) in [6, 6.07) is 16.3. The fourth-order valence-electron chi connectivity index (χ4n) is 5.19. The predicted octanol–water partition coefficient (Wildman–Crippen LogP) is 3.81. The van der Waals surface area contributed by atoms with E-state index in [0.29, 0.717) is 54.7 Å². The number of carbonyl (C=O) groups is 2. The minimum atomic E-state index is -1.02. The highest BCUT2D eigenvalue weighted by Crippen LogP contribution is 2.38. The Morgan fingerprint density at radius 1 is 1.09 bits per heavy atom. The third-order valence-electron chi connectivity index (χ3n) is 7.28. The minimum absolute atomic E-state index is 0.0896. The van der Waals surface area contributed by atoms with Gasteiger partial charge in [-0.1, -0.05) is 35.6 Å². The third-order valence-corrected chi connectivity index (χ3v) is 8.27. The largest absolute Gasteiger partial charge is 0.493 e. The maximum atomic E-state index is 14.0. The van der Waals surface area contributed by atoms with E-state index in [1.54, 1.807) is 74.5 Å². The van der Waals surface area contributed by atoms with E-state index in [2.05, 4.69) is 4.99 Å². The van der Waals surface area contributed by atoms with Gasteiger partial charge < -0.3 is 28.8 Å². The van der Waals surface area contributed by atoms with Crippen LogP contribution in [0.1, 0.15) is 46.9 Å². The summed E-state index contributed by atoms with van der Waals surface area (Å²) in [5, 5.41) is 9.25. The lowest BCUT2D eigenvalue weighted by Crippen LogP contribution is -2.39. The number of benzene rings is 3. The molecule has 1 atom stereocenters. The second-order valence-electron chi connectivity index (χ2n) is 10.1. The van der Waals surface area contributed by atoms with Crippen LogP contribution >= 0.6 is 11.3 Å². The summed E-state index contributed by atoms with van der Waals surface area (Å²) >= 11 is 1.21. The first-order valence-electron chi connectivity index (χ1n) is 14.0. The monoisotopic (exact) mass is 628 g/mol.